The third-order valence-electron chi connectivity index (χ3n) is 4.16. The first-order valence-corrected chi connectivity index (χ1v) is 7.13. The number of hydrogen-bond donors (Lipinski definition) is 0. The van der Waals surface area contributed by atoms with Gasteiger partial charge in [0.05, 0.1) is 13.2 Å². The molecule has 2 aliphatic rings. The van der Waals surface area contributed by atoms with Crippen molar-refractivity contribution >= 4 is 5.57 Å². The minimum atomic E-state index is 0.623. The zero-order valence-corrected chi connectivity index (χ0v) is 11.3. The molecule has 0 radical (unpaired) electrons. The molecule has 1 saturated heterocycles. The summed E-state index contributed by atoms with van der Waals surface area (Å²) in [4.78, 5) is 0. The summed E-state index contributed by atoms with van der Waals surface area (Å²) in [6, 6.07) is 21.1. The van der Waals surface area contributed by atoms with Crippen molar-refractivity contribution < 1.29 is 4.74 Å². The normalized spacial score (nSPS) is 23.1. The van der Waals surface area contributed by atoms with Crippen LogP contribution in [0.2, 0.25) is 0 Å². The maximum Gasteiger partial charge on any atom is 0.0544 e. The fourth-order valence-corrected chi connectivity index (χ4v) is 2.96. The summed E-state index contributed by atoms with van der Waals surface area (Å²) >= 11 is 0. The molecule has 0 spiro atoms. The van der Waals surface area contributed by atoms with Crippen molar-refractivity contribution in [3.05, 3.63) is 83.1 Å². The predicted octanol–water partition coefficient (Wildman–Crippen LogP) is 3.92. The number of benzene rings is 2. The van der Waals surface area contributed by atoms with Gasteiger partial charge in [-0.15, -0.1) is 5.73 Å². The van der Waals surface area contributed by atoms with Crippen LogP contribution in [0.15, 0.2) is 72.0 Å². The first-order chi connectivity index (χ1) is 9.93. The minimum absolute atomic E-state index is 0.623. The molecule has 1 aliphatic heterocycles. The second kappa shape index (κ2) is 4.79. The average molecular weight is 260 g/mol. The van der Waals surface area contributed by atoms with Gasteiger partial charge in [0, 0.05) is 17.4 Å². The molecule has 2 fully saturated rings. The predicted molar refractivity (Wildman–Crippen MR) is 80.2 cm³/mol. The van der Waals surface area contributed by atoms with Crippen molar-refractivity contribution in [3.63, 3.8) is 0 Å². The maximum absolute atomic E-state index is 5.46. The zero-order valence-electron chi connectivity index (χ0n) is 11.3. The highest BCUT2D eigenvalue weighted by Crippen LogP contribution is 2.50. The highest BCUT2D eigenvalue weighted by atomic mass is 16.5. The Kier molecular flexibility index (Phi) is 2.81. The Labute approximate surface area is 119 Å². The first-order valence-electron chi connectivity index (χ1n) is 7.13. The molecule has 1 heteroatoms. The monoisotopic (exact) mass is 260 g/mol. The Morgan fingerprint density at radius 2 is 1.30 bits per heavy atom. The van der Waals surface area contributed by atoms with E-state index in [1.54, 1.807) is 0 Å². The molecule has 1 aliphatic carbocycles. The maximum atomic E-state index is 5.46. The van der Waals surface area contributed by atoms with Gasteiger partial charge < -0.3 is 4.74 Å². The van der Waals surface area contributed by atoms with Crippen molar-refractivity contribution in [2.45, 2.75) is 0 Å². The van der Waals surface area contributed by atoms with Crippen molar-refractivity contribution in [2.24, 2.45) is 11.8 Å². The van der Waals surface area contributed by atoms with Crippen molar-refractivity contribution in [2.75, 3.05) is 13.2 Å². The fraction of sp³-hybridized carbons (Fsp3) is 0.211. The van der Waals surface area contributed by atoms with E-state index in [9.17, 15) is 0 Å². The Morgan fingerprint density at radius 3 is 1.80 bits per heavy atom. The average Bonchev–Trinajstić information content (AvgIpc) is 2.95. The Bertz CT molecular complexity index is 625. The van der Waals surface area contributed by atoms with Gasteiger partial charge in [-0.05, 0) is 16.7 Å². The summed E-state index contributed by atoms with van der Waals surface area (Å²) in [6.45, 7) is 1.76. The van der Waals surface area contributed by atoms with E-state index in [-0.39, 0.29) is 0 Å². The molecule has 20 heavy (non-hydrogen) atoms. The molecular formula is C19H16O. The first kappa shape index (κ1) is 11.7. The molecule has 1 nitrogen and oxygen atoms in total. The van der Waals surface area contributed by atoms with Gasteiger partial charge in [0.2, 0.25) is 0 Å². The molecule has 0 amide bonds. The molecule has 1 heterocycles. The quantitative estimate of drug-likeness (QED) is 0.744. The van der Waals surface area contributed by atoms with E-state index in [1.165, 1.54) is 22.3 Å². The Balaban J connectivity index is 1.85. The third-order valence-corrected chi connectivity index (χ3v) is 4.16. The van der Waals surface area contributed by atoms with Crippen LogP contribution in [0.1, 0.15) is 11.1 Å². The van der Waals surface area contributed by atoms with Gasteiger partial charge >= 0.3 is 0 Å². The van der Waals surface area contributed by atoms with Gasteiger partial charge in [0.25, 0.3) is 0 Å². The fourth-order valence-electron chi connectivity index (χ4n) is 2.96. The van der Waals surface area contributed by atoms with Crippen LogP contribution in [0.25, 0.3) is 5.57 Å². The number of fused-ring (bicyclic) bond motifs is 1. The van der Waals surface area contributed by atoms with E-state index in [0.29, 0.717) is 11.8 Å². The van der Waals surface area contributed by atoms with Crippen molar-refractivity contribution in [3.8, 4) is 0 Å². The second-order valence-electron chi connectivity index (χ2n) is 5.44. The lowest BCUT2D eigenvalue weighted by molar-refractivity contribution is 0.175. The van der Waals surface area contributed by atoms with Gasteiger partial charge in [-0.25, -0.2) is 0 Å². The van der Waals surface area contributed by atoms with Gasteiger partial charge in [-0.3, -0.25) is 0 Å². The molecule has 2 aromatic carbocycles. The van der Waals surface area contributed by atoms with E-state index in [2.05, 4.69) is 66.4 Å². The number of rotatable bonds is 2. The zero-order chi connectivity index (χ0) is 13.4. The molecule has 0 N–H and O–H groups in total. The molecule has 0 bridgehead atoms. The lowest BCUT2D eigenvalue weighted by atomic mass is 9.98. The minimum Gasteiger partial charge on any atom is -0.380 e. The molecule has 1 saturated carbocycles. The van der Waals surface area contributed by atoms with Crippen LogP contribution >= 0.6 is 0 Å². The largest absolute Gasteiger partial charge is 0.380 e. The Hall–Kier alpha value is -2.08. The highest BCUT2D eigenvalue weighted by Gasteiger charge is 2.48. The van der Waals surface area contributed by atoms with Crippen LogP contribution < -0.4 is 0 Å². The standard InChI is InChI=1S/C19H16O/c1-3-7-14(8-4-1)16(15-9-5-2-6-10-15)11-17-18-12-20-13-19(17)18/h1-10,18-19H,12-13H2. The van der Waals surface area contributed by atoms with Gasteiger partial charge in [-0.2, -0.15) is 0 Å². The molecule has 2 atom stereocenters. The number of hydrogen-bond acceptors (Lipinski definition) is 1. The lowest BCUT2D eigenvalue weighted by Crippen LogP contribution is -1.90. The smallest absolute Gasteiger partial charge is 0.0544 e. The van der Waals surface area contributed by atoms with Crippen LogP contribution in [0.3, 0.4) is 0 Å². The molecule has 2 aromatic rings. The SMILES string of the molecule is C(=C(c1ccccc1)c1ccccc1)=C1C2COCC12. The molecule has 0 aromatic heterocycles. The summed E-state index contributed by atoms with van der Waals surface area (Å²) in [5.41, 5.74) is 8.79. The summed E-state index contributed by atoms with van der Waals surface area (Å²) in [5.74, 6) is 1.25. The lowest BCUT2D eigenvalue weighted by Gasteiger charge is -2.05. The highest BCUT2D eigenvalue weighted by molar-refractivity contribution is 5.80. The van der Waals surface area contributed by atoms with E-state index < -0.39 is 0 Å². The van der Waals surface area contributed by atoms with Crippen LogP contribution in [0.5, 0.6) is 0 Å². The summed E-state index contributed by atoms with van der Waals surface area (Å²) < 4.78 is 5.46. The van der Waals surface area contributed by atoms with Crippen molar-refractivity contribution in [1.82, 2.24) is 0 Å². The van der Waals surface area contributed by atoms with E-state index in [1.807, 2.05) is 0 Å². The topological polar surface area (TPSA) is 9.23 Å². The summed E-state index contributed by atoms with van der Waals surface area (Å²) in [7, 11) is 0. The van der Waals surface area contributed by atoms with Crippen LogP contribution in [-0.2, 0) is 4.74 Å². The van der Waals surface area contributed by atoms with E-state index >= 15 is 0 Å². The number of ether oxygens (including phenoxy) is 1. The van der Waals surface area contributed by atoms with Crippen LogP contribution in [0.4, 0.5) is 0 Å². The summed E-state index contributed by atoms with van der Waals surface area (Å²) in [5, 5.41) is 0. The Morgan fingerprint density at radius 1 is 0.800 bits per heavy atom. The second-order valence-corrected chi connectivity index (χ2v) is 5.44. The molecule has 2 unspecified atom stereocenters. The van der Waals surface area contributed by atoms with Crippen LogP contribution in [0, 0.1) is 11.8 Å². The third kappa shape index (κ3) is 2.02. The van der Waals surface area contributed by atoms with E-state index in [4.69, 9.17) is 4.74 Å². The molecule has 98 valence electrons. The molecule has 4 rings (SSSR count). The summed E-state index contributed by atoms with van der Waals surface area (Å²) in [6.07, 6.45) is 0. The van der Waals surface area contributed by atoms with Gasteiger partial charge in [0.1, 0.15) is 0 Å². The van der Waals surface area contributed by atoms with Crippen LogP contribution in [-0.4, -0.2) is 13.2 Å². The molecular weight excluding hydrogens is 244 g/mol. The van der Waals surface area contributed by atoms with Gasteiger partial charge in [-0.1, -0.05) is 60.7 Å². The van der Waals surface area contributed by atoms with Gasteiger partial charge in [0.15, 0.2) is 0 Å². The van der Waals surface area contributed by atoms with Crippen molar-refractivity contribution in [1.29, 1.82) is 0 Å². The van der Waals surface area contributed by atoms with E-state index in [0.717, 1.165) is 13.2 Å².